The van der Waals surface area contributed by atoms with Crippen LogP contribution in [0.3, 0.4) is 0 Å². The summed E-state index contributed by atoms with van der Waals surface area (Å²) >= 11 is 0. The molecule has 0 saturated heterocycles. The van der Waals surface area contributed by atoms with Crippen LogP contribution in [0.25, 0.3) is 10.9 Å². The summed E-state index contributed by atoms with van der Waals surface area (Å²) in [6.45, 7) is 3.01. The van der Waals surface area contributed by atoms with Crippen molar-refractivity contribution in [2.75, 3.05) is 48.6 Å². The van der Waals surface area contributed by atoms with Gasteiger partial charge in [-0.3, -0.25) is 0 Å². The van der Waals surface area contributed by atoms with E-state index in [-0.39, 0.29) is 5.82 Å². The molecule has 40 heavy (non-hydrogen) atoms. The lowest BCUT2D eigenvalue weighted by Gasteiger charge is -2.23. The van der Waals surface area contributed by atoms with Gasteiger partial charge in [-0.2, -0.15) is 10.2 Å². The third kappa shape index (κ3) is 7.23. The zero-order valence-electron chi connectivity index (χ0n) is 23.7. The number of benzene rings is 2. The van der Waals surface area contributed by atoms with Crippen LogP contribution in [0.5, 0.6) is 17.6 Å². The highest BCUT2D eigenvalue weighted by atomic mass is 19.1. The van der Waals surface area contributed by atoms with Crippen molar-refractivity contribution in [3.8, 4) is 23.7 Å². The van der Waals surface area contributed by atoms with Crippen molar-refractivity contribution >= 4 is 10.9 Å². The van der Waals surface area contributed by atoms with E-state index in [1.807, 2.05) is 26.2 Å². The number of halogens is 1. The molecule has 2 heterocycles. The number of ether oxygens (including phenoxy) is 3. The van der Waals surface area contributed by atoms with Gasteiger partial charge in [0.1, 0.15) is 5.82 Å². The first-order chi connectivity index (χ1) is 19.3. The van der Waals surface area contributed by atoms with Gasteiger partial charge >= 0.3 is 0 Å². The maximum absolute atomic E-state index is 15.5. The van der Waals surface area contributed by atoms with Crippen LogP contribution in [0.15, 0.2) is 54.6 Å². The number of methoxy groups -OCH3 is 3. The van der Waals surface area contributed by atoms with Gasteiger partial charge in [-0.25, -0.2) is 9.37 Å². The number of rotatable bonds is 9. The Bertz CT molecular complexity index is 1460. The Morgan fingerprint density at radius 1 is 0.950 bits per heavy atom. The first-order valence-electron chi connectivity index (χ1n) is 12.8. The van der Waals surface area contributed by atoms with Crippen molar-refractivity contribution in [2.45, 2.75) is 19.3 Å². The first kappa shape index (κ1) is 30.3. The van der Waals surface area contributed by atoms with Gasteiger partial charge in [-0.15, -0.1) is 0 Å². The van der Waals surface area contributed by atoms with E-state index in [9.17, 15) is 5.26 Å². The van der Waals surface area contributed by atoms with Gasteiger partial charge in [0.15, 0.2) is 0 Å². The molecule has 2 aromatic carbocycles. The minimum atomic E-state index is -0.603. The summed E-state index contributed by atoms with van der Waals surface area (Å²) in [6, 6.07) is 18.0. The fourth-order valence-corrected chi connectivity index (χ4v) is 4.30. The second-order valence-corrected chi connectivity index (χ2v) is 9.38. The van der Waals surface area contributed by atoms with E-state index in [0.29, 0.717) is 57.6 Å². The van der Waals surface area contributed by atoms with Gasteiger partial charge in [0.25, 0.3) is 0 Å². The highest BCUT2D eigenvalue weighted by molar-refractivity contribution is 5.82. The summed E-state index contributed by atoms with van der Waals surface area (Å²) < 4.78 is 31.8. The van der Waals surface area contributed by atoms with E-state index in [1.54, 1.807) is 49.4 Å². The number of pyridine rings is 2. The van der Waals surface area contributed by atoms with Crippen molar-refractivity contribution in [1.82, 2.24) is 14.9 Å². The Kier molecular flexibility index (Phi) is 10.8. The van der Waals surface area contributed by atoms with Crippen LogP contribution < -0.4 is 14.2 Å². The number of aliphatic hydroxyl groups is 1. The number of aromatic nitrogens is 2. The topological polar surface area (TPSA) is 101 Å². The minimum Gasteiger partial charge on any atom is -0.481 e. The maximum Gasteiger partial charge on any atom is 0.217 e. The zero-order valence-corrected chi connectivity index (χ0v) is 23.7. The van der Waals surface area contributed by atoms with E-state index in [4.69, 9.17) is 19.3 Å². The molecule has 9 heteroatoms. The molecule has 1 unspecified atom stereocenters. The molecule has 0 aliphatic heterocycles. The van der Waals surface area contributed by atoms with Gasteiger partial charge in [0.05, 0.1) is 38.5 Å². The van der Waals surface area contributed by atoms with Gasteiger partial charge in [-0.1, -0.05) is 18.2 Å². The number of nitrogens with zero attached hydrogens (tertiary/aromatic N) is 4. The van der Waals surface area contributed by atoms with E-state index < -0.39 is 5.92 Å². The maximum atomic E-state index is 15.5. The molecule has 8 nitrogen and oxygen atoms in total. The fourth-order valence-electron chi connectivity index (χ4n) is 4.30. The largest absolute Gasteiger partial charge is 0.481 e. The molecule has 0 bridgehead atoms. The minimum absolute atomic E-state index is 0.304. The molecule has 210 valence electrons. The molecule has 2 aromatic heterocycles. The average molecular weight is 547 g/mol. The van der Waals surface area contributed by atoms with Crippen LogP contribution in [0.1, 0.15) is 40.2 Å². The molecule has 0 amide bonds. The SMILES string of the molecule is CN(C)CCCO.COc1cc(C(c2cc3cc(C#N)ccc3nc2OC)c2cccc(C)c2F)cc(OC)n1. The summed E-state index contributed by atoms with van der Waals surface area (Å²) in [5.74, 6) is 0.0927. The average Bonchev–Trinajstić information content (AvgIpc) is 2.97. The first-order valence-corrected chi connectivity index (χ1v) is 12.8. The lowest BCUT2D eigenvalue weighted by molar-refractivity contribution is 0.263. The van der Waals surface area contributed by atoms with Gasteiger partial charge in [-0.05, 0) is 69.4 Å². The van der Waals surface area contributed by atoms with Crippen LogP contribution >= 0.6 is 0 Å². The number of hydrogen-bond acceptors (Lipinski definition) is 8. The summed E-state index contributed by atoms with van der Waals surface area (Å²) in [7, 11) is 8.54. The molecule has 0 spiro atoms. The Hall–Kier alpha value is -4.26. The van der Waals surface area contributed by atoms with Gasteiger partial charge in [0.2, 0.25) is 17.6 Å². The van der Waals surface area contributed by atoms with Crippen molar-refractivity contribution in [3.63, 3.8) is 0 Å². The molecule has 0 radical (unpaired) electrons. The quantitative estimate of drug-likeness (QED) is 0.310. The predicted octanol–water partition coefficient (Wildman–Crippen LogP) is 5.09. The molecule has 0 saturated carbocycles. The molecule has 4 rings (SSSR count). The Morgan fingerprint density at radius 2 is 1.65 bits per heavy atom. The lowest BCUT2D eigenvalue weighted by atomic mass is 9.84. The molecular formula is C31H35FN4O4. The molecular weight excluding hydrogens is 511 g/mol. The van der Waals surface area contributed by atoms with Crippen LogP contribution in [-0.2, 0) is 0 Å². The molecule has 0 fully saturated rings. The number of nitriles is 1. The van der Waals surface area contributed by atoms with Crippen LogP contribution in [0, 0.1) is 24.1 Å². The summed E-state index contributed by atoms with van der Waals surface area (Å²) in [6.07, 6.45) is 0.882. The Morgan fingerprint density at radius 3 is 2.20 bits per heavy atom. The number of hydrogen-bond donors (Lipinski definition) is 1. The Labute approximate surface area is 234 Å². The third-order valence-electron chi connectivity index (χ3n) is 6.29. The van der Waals surface area contributed by atoms with Crippen LogP contribution in [-0.4, -0.2) is 68.6 Å². The molecule has 4 aromatic rings. The summed E-state index contributed by atoms with van der Waals surface area (Å²) in [5, 5.41) is 18.4. The number of aliphatic hydroxyl groups excluding tert-OH is 1. The van der Waals surface area contributed by atoms with Crippen molar-refractivity contribution in [3.05, 3.63) is 88.2 Å². The van der Waals surface area contributed by atoms with Gasteiger partial charge in [0, 0.05) is 41.2 Å². The standard InChI is InChI=1S/C26H22FN3O3.C5H13NO/c1-15-6-5-7-19(25(15)27)24(18-12-22(31-2)30-23(13-18)32-3)20-11-17-10-16(14-28)8-9-21(17)29-26(20)33-4;1-6(2)4-3-5-7/h5-13,24H,1-4H3;7H,3-5H2,1-2H3. The van der Waals surface area contributed by atoms with Crippen LogP contribution in [0.2, 0.25) is 0 Å². The molecule has 1 N–H and O–H groups in total. The zero-order chi connectivity index (χ0) is 29.2. The second-order valence-electron chi connectivity index (χ2n) is 9.38. The van der Waals surface area contributed by atoms with Crippen molar-refractivity contribution in [2.24, 2.45) is 0 Å². The van der Waals surface area contributed by atoms with Gasteiger partial charge < -0.3 is 24.2 Å². The Balaban J connectivity index is 0.000000559. The molecule has 0 aliphatic rings. The van der Waals surface area contributed by atoms with Crippen LogP contribution in [0.4, 0.5) is 4.39 Å². The fraction of sp³-hybridized carbons (Fsp3) is 0.323. The highest BCUT2D eigenvalue weighted by Gasteiger charge is 2.27. The molecule has 0 aliphatic carbocycles. The summed E-state index contributed by atoms with van der Waals surface area (Å²) in [5.41, 5.74) is 3.47. The normalized spacial score (nSPS) is 11.4. The van der Waals surface area contributed by atoms with E-state index in [2.05, 4.69) is 20.9 Å². The molecule has 1 atom stereocenters. The summed E-state index contributed by atoms with van der Waals surface area (Å²) in [4.78, 5) is 11.0. The predicted molar refractivity (Wildman–Crippen MR) is 153 cm³/mol. The smallest absolute Gasteiger partial charge is 0.217 e. The number of aryl methyl sites for hydroxylation is 1. The monoisotopic (exact) mass is 546 g/mol. The third-order valence-corrected chi connectivity index (χ3v) is 6.29. The van der Waals surface area contributed by atoms with E-state index in [1.165, 1.54) is 21.3 Å². The van der Waals surface area contributed by atoms with Crippen molar-refractivity contribution < 1.29 is 23.7 Å². The second kappa shape index (κ2) is 14.2. The van der Waals surface area contributed by atoms with Crippen molar-refractivity contribution in [1.29, 1.82) is 5.26 Å². The lowest BCUT2D eigenvalue weighted by Crippen LogP contribution is -2.13. The number of fused-ring (bicyclic) bond motifs is 1. The van der Waals surface area contributed by atoms with E-state index >= 15 is 4.39 Å². The van der Waals surface area contributed by atoms with E-state index in [0.717, 1.165) is 18.4 Å². The highest BCUT2D eigenvalue weighted by Crippen LogP contribution is 2.41.